The normalized spacial score (nSPS) is 11.0. The van der Waals surface area contributed by atoms with Gasteiger partial charge in [0.1, 0.15) is 5.75 Å². The highest BCUT2D eigenvalue weighted by Crippen LogP contribution is 2.29. The van der Waals surface area contributed by atoms with Gasteiger partial charge in [-0.2, -0.15) is 0 Å². The van der Waals surface area contributed by atoms with Crippen LogP contribution in [-0.2, 0) is 10.2 Å². The number of hydrogen-bond donors (Lipinski definition) is 2. The maximum absolute atomic E-state index is 12.1. The number of hydrogen-bond acceptors (Lipinski definition) is 3. The minimum atomic E-state index is -0.0414. The fraction of sp³-hybridized carbons (Fsp3) is 0.350. The van der Waals surface area contributed by atoms with Gasteiger partial charge >= 0.3 is 0 Å². The van der Waals surface area contributed by atoms with Gasteiger partial charge in [-0.05, 0) is 29.2 Å². The largest absolute Gasteiger partial charge is 0.495 e. The van der Waals surface area contributed by atoms with Crippen LogP contribution in [0.1, 0.15) is 32.8 Å². The molecule has 24 heavy (non-hydrogen) atoms. The summed E-state index contributed by atoms with van der Waals surface area (Å²) in [7, 11) is 1.59. The molecule has 2 rings (SSSR count). The molecule has 0 radical (unpaired) electrons. The van der Waals surface area contributed by atoms with E-state index in [1.807, 2.05) is 36.4 Å². The quantitative estimate of drug-likeness (QED) is 0.825. The summed E-state index contributed by atoms with van der Waals surface area (Å²) in [6, 6.07) is 15.6. The van der Waals surface area contributed by atoms with Crippen molar-refractivity contribution in [3.8, 4) is 5.75 Å². The highest BCUT2D eigenvalue weighted by atomic mass is 16.5. The minimum Gasteiger partial charge on any atom is -0.495 e. The molecule has 0 atom stereocenters. The molecule has 2 aromatic rings. The van der Waals surface area contributed by atoms with Gasteiger partial charge in [0.05, 0.1) is 12.8 Å². The van der Waals surface area contributed by atoms with E-state index in [1.165, 1.54) is 5.56 Å². The number of rotatable bonds is 6. The topological polar surface area (TPSA) is 50.4 Å². The van der Waals surface area contributed by atoms with E-state index in [0.29, 0.717) is 24.4 Å². The number of para-hydroxylation sites is 3. The van der Waals surface area contributed by atoms with Gasteiger partial charge in [-0.1, -0.05) is 51.1 Å². The van der Waals surface area contributed by atoms with Crippen LogP contribution in [0.3, 0.4) is 0 Å². The van der Waals surface area contributed by atoms with E-state index in [9.17, 15) is 4.79 Å². The van der Waals surface area contributed by atoms with Crippen LogP contribution in [0, 0.1) is 0 Å². The molecule has 0 aliphatic carbocycles. The lowest BCUT2D eigenvalue weighted by Gasteiger charge is -2.23. The zero-order chi connectivity index (χ0) is 17.6. The summed E-state index contributed by atoms with van der Waals surface area (Å²) in [6.45, 7) is 7.12. The molecule has 0 saturated carbocycles. The molecule has 2 aromatic carbocycles. The van der Waals surface area contributed by atoms with E-state index in [2.05, 4.69) is 43.5 Å². The Bertz CT molecular complexity index is 690. The highest BCUT2D eigenvalue weighted by Gasteiger charge is 2.17. The monoisotopic (exact) mass is 326 g/mol. The van der Waals surface area contributed by atoms with Gasteiger partial charge < -0.3 is 15.4 Å². The molecule has 0 aliphatic rings. The summed E-state index contributed by atoms with van der Waals surface area (Å²) in [5.41, 5.74) is 3.08. The molecular weight excluding hydrogens is 300 g/mol. The highest BCUT2D eigenvalue weighted by molar-refractivity contribution is 5.92. The van der Waals surface area contributed by atoms with Crippen molar-refractivity contribution < 1.29 is 9.53 Å². The van der Waals surface area contributed by atoms with E-state index < -0.39 is 0 Å². The summed E-state index contributed by atoms with van der Waals surface area (Å²) in [5, 5.41) is 6.26. The van der Waals surface area contributed by atoms with Crippen LogP contribution in [0.15, 0.2) is 48.5 Å². The predicted octanol–water partition coefficient (Wildman–Crippen LogP) is 4.43. The summed E-state index contributed by atoms with van der Waals surface area (Å²) < 4.78 is 5.24. The molecule has 0 heterocycles. The van der Waals surface area contributed by atoms with E-state index in [0.717, 1.165) is 5.69 Å². The van der Waals surface area contributed by atoms with Gasteiger partial charge in [-0.25, -0.2) is 0 Å². The molecule has 4 nitrogen and oxygen atoms in total. The number of benzene rings is 2. The summed E-state index contributed by atoms with van der Waals surface area (Å²) in [6.07, 6.45) is 0.385. The van der Waals surface area contributed by atoms with Crippen molar-refractivity contribution in [1.82, 2.24) is 0 Å². The van der Waals surface area contributed by atoms with Crippen LogP contribution < -0.4 is 15.4 Å². The number of carbonyl (C=O) groups is 1. The zero-order valence-corrected chi connectivity index (χ0v) is 14.8. The van der Waals surface area contributed by atoms with Crippen LogP contribution >= 0.6 is 0 Å². The van der Waals surface area contributed by atoms with Crippen molar-refractivity contribution in [1.29, 1.82) is 0 Å². The van der Waals surface area contributed by atoms with Crippen molar-refractivity contribution in [2.75, 3.05) is 24.3 Å². The Balaban J connectivity index is 1.92. The van der Waals surface area contributed by atoms with Crippen molar-refractivity contribution in [2.24, 2.45) is 0 Å². The summed E-state index contributed by atoms with van der Waals surface area (Å²) >= 11 is 0. The number of methoxy groups -OCH3 is 1. The van der Waals surface area contributed by atoms with Gasteiger partial charge in [0.15, 0.2) is 0 Å². The first-order valence-electron chi connectivity index (χ1n) is 8.18. The Labute approximate surface area is 144 Å². The zero-order valence-electron chi connectivity index (χ0n) is 14.8. The van der Waals surface area contributed by atoms with Gasteiger partial charge in [0.25, 0.3) is 0 Å². The SMILES string of the molecule is COc1ccccc1NC(=O)CCNc1ccccc1C(C)(C)C. The van der Waals surface area contributed by atoms with E-state index in [4.69, 9.17) is 4.74 Å². The standard InChI is InChI=1S/C20H26N2O2/c1-20(2,3)15-9-5-6-10-16(15)21-14-13-19(23)22-17-11-7-8-12-18(17)24-4/h5-12,21H,13-14H2,1-4H3,(H,22,23). The lowest BCUT2D eigenvalue weighted by molar-refractivity contribution is -0.116. The Morgan fingerprint density at radius 1 is 1.00 bits per heavy atom. The lowest BCUT2D eigenvalue weighted by Crippen LogP contribution is -2.19. The minimum absolute atomic E-state index is 0.0414. The van der Waals surface area contributed by atoms with E-state index in [-0.39, 0.29) is 11.3 Å². The van der Waals surface area contributed by atoms with Gasteiger partial charge in [0.2, 0.25) is 5.91 Å². The second-order valence-electron chi connectivity index (χ2n) is 6.72. The fourth-order valence-electron chi connectivity index (χ4n) is 2.56. The van der Waals surface area contributed by atoms with Crippen LogP contribution in [-0.4, -0.2) is 19.6 Å². The molecule has 0 aliphatic heterocycles. The van der Waals surface area contributed by atoms with Crippen molar-refractivity contribution in [3.63, 3.8) is 0 Å². The lowest BCUT2D eigenvalue weighted by atomic mass is 9.86. The van der Waals surface area contributed by atoms with Crippen LogP contribution in [0.5, 0.6) is 5.75 Å². The average Bonchev–Trinajstić information content (AvgIpc) is 2.55. The maximum atomic E-state index is 12.1. The Morgan fingerprint density at radius 3 is 2.29 bits per heavy atom. The van der Waals surface area contributed by atoms with E-state index in [1.54, 1.807) is 7.11 Å². The Morgan fingerprint density at radius 2 is 1.62 bits per heavy atom. The van der Waals surface area contributed by atoms with Crippen LogP contribution in [0.2, 0.25) is 0 Å². The molecule has 128 valence electrons. The molecular formula is C20H26N2O2. The summed E-state index contributed by atoms with van der Waals surface area (Å²) in [5.74, 6) is 0.622. The molecule has 4 heteroatoms. The number of anilines is 2. The maximum Gasteiger partial charge on any atom is 0.226 e. The molecule has 0 aromatic heterocycles. The molecule has 2 N–H and O–H groups in total. The number of amides is 1. The fourth-order valence-corrected chi connectivity index (χ4v) is 2.56. The van der Waals surface area contributed by atoms with Crippen molar-refractivity contribution in [2.45, 2.75) is 32.6 Å². The second-order valence-corrected chi connectivity index (χ2v) is 6.72. The molecule has 0 fully saturated rings. The summed E-state index contributed by atoms with van der Waals surface area (Å²) in [4.78, 5) is 12.1. The third-order valence-corrected chi connectivity index (χ3v) is 3.78. The predicted molar refractivity (Wildman–Crippen MR) is 99.9 cm³/mol. The molecule has 0 unspecified atom stereocenters. The number of carbonyl (C=O) groups excluding carboxylic acids is 1. The second kappa shape index (κ2) is 7.86. The first-order chi connectivity index (χ1) is 11.4. The van der Waals surface area contributed by atoms with Crippen LogP contribution in [0.4, 0.5) is 11.4 Å². The molecule has 0 bridgehead atoms. The first kappa shape index (κ1) is 17.9. The van der Waals surface area contributed by atoms with Gasteiger partial charge in [-0.15, -0.1) is 0 Å². The Hall–Kier alpha value is -2.49. The smallest absolute Gasteiger partial charge is 0.226 e. The van der Waals surface area contributed by atoms with Gasteiger partial charge in [-0.3, -0.25) is 4.79 Å². The molecule has 1 amide bonds. The third-order valence-electron chi connectivity index (χ3n) is 3.78. The van der Waals surface area contributed by atoms with Crippen LogP contribution in [0.25, 0.3) is 0 Å². The van der Waals surface area contributed by atoms with Gasteiger partial charge in [0, 0.05) is 18.7 Å². The van der Waals surface area contributed by atoms with E-state index >= 15 is 0 Å². The molecule has 0 spiro atoms. The number of ether oxygens (including phenoxy) is 1. The average molecular weight is 326 g/mol. The third kappa shape index (κ3) is 4.75. The Kier molecular flexibility index (Phi) is 5.85. The van der Waals surface area contributed by atoms with Crippen molar-refractivity contribution in [3.05, 3.63) is 54.1 Å². The van der Waals surface area contributed by atoms with Crippen molar-refractivity contribution >= 4 is 17.3 Å². The molecule has 0 saturated heterocycles. The number of nitrogens with one attached hydrogen (secondary N) is 2. The first-order valence-corrected chi connectivity index (χ1v) is 8.18.